The highest BCUT2D eigenvalue weighted by molar-refractivity contribution is 8.08. The lowest BCUT2D eigenvalue weighted by Gasteiger charge is -2.20. The molecule has 0 nitrogen and oxygen atoms in total. The first-order chi connectivity index (χ1) is 38.1. The predicted octanol–water partition coefficient (Wildman–Crippen LogP) is 21.1. The molecule has 9 aromatic carbocycles. The Morgan fingerprint density at radius 1 is 0.468 bits per heavy atom. The lowest BCUT2D eigenvalue weighted by molar-refractivity contribution is 1.22. The van der Waals surface area contributed by atoms with Gasteiger partial charge in [0.1, 0.15) is 0 Å². The van der Waals surface area contributed by atoms with Gasteiger partial charge in [-0.3, -0.25) is 0 Å². The maximum Gasteiger partial charge on any atom is 0.0412 e. The standard InChI is InChI=1S/C75H56S2/c1-2-3-4-9-20-53-31-37-60(38-32-53)71-47-48-73(77-71)72-46-44-64(52-76-72)63-43-45-67-70(51-63)75(62-41-35-55(36-42-62)50-69(58-25-14-7-15-26-58)59-27-16-8-17-28-59)66-30-19-18-29-65(66)74(67)61-39-33-54(34-40-61)49-68(56-21-10-5-11-22-56)57-23-12-6-13-24-57/h2-8,10-31,33-51H,1,9,32,52H2/b4-3?,53-20-. The van der Waals surface area contributed by atoms with E-state index in [1.54, 1.807) is 0 Å². The van der Waals surface area contributed by atoms with Crippen LogP contribution in [0.15, 0.2) is 291 Å². The lowest BCUT2D eigenvalue weighted by atomic mass is 9.84. The highest BCUT2D eigenvalue weighted by Gasteiger charge is 2.20. The van der Waals surface area contributed by atoms with E-state index in [0.29, 0.717) is 0 Å². The van der Waals surface area contributed by atoms with Crippen LogP contribution in [-0.4, -0.2) is 5.75 Å². The summed E-state index contributed by atoms with van der Waals surface area (Å²) in [4.78, 5) is 3.96. The Kier molecular flexibility index (Phi) is 14.7. The summed E-state index contributed by atoms with van der Waals surface area (Å²) in [6, 6.07) is 82.0. The van der Waals surface area contributed by atoms with E-state index >= 15 is 0 Å². The first kappa shape index (κ1) is 49.1. The predicted molar refractivity (Wildman–Crippen MR) is 339 cm³/mol. The van der Waals surface area contributed by atoms with Crippen LogP contribution in [0.4, 0.5) is 0 Å². The molecule has 0 unspecified atom stereocenters. The summed E-state index contributed by atoms with van der Waals surface area (Å²) in [5.41, 5.74) is 19.6. The molecule has 0 saturated carbocycles. The number of benzene rings is 9. The zero-order chi connectivity index (χ0) is 51.8. The molecule has 2 aliphatic rings. The summed E-state index contributed by atoms with van der Waals surface area (Å²) in [7, 11) is 0. The molecule has 1 aromatic heterocycles. The second kappa shape index (κ2) is 23.0. The van der Waals surface area contributed by atoms with Gasteiger partial charge in [-0.15, -0.1) is 23.1 Å². The monoisotopic (exact) mass is 1020 g/mol. The van der Waals surface area contributed by atoms with Crippen molar-refractivity contribution in [1.82, 2.24) is 0 Å². The van der Waals surface area contributed by atoms with Crippen LogP contribution in [0, 0.1) is 0 Å². The Labute approximate surface area is 461 Å². The summed E-state index contributed by atoms with van der Waals surface area (Å²) < 4.78 is 0. The van der Waals surface area contributed by atoms with Crippen molar-refractivity contribution in [2.75, 3.05) is 5.75 Å². The van der Waals surface area contributed by atoms with Gasteiger partial charge in [0.25, 0.3) is 0 Å². The van der Waals surface area contributed by atoms with E-state index in [2.05, 4.69) is 286 Å². The van der Waals surface area contributed by atoms with Crippen LogP contribution >= 0.6 is 23.1 Å². The number of hydrogen-bond donors (Lipinski definition) is 0. The SMILES string of the molecule is C=CC=CC/C=C1/C=CC(c2ccc(C3=CC=C(c4ccc5c(-c6ccc(C=C(c7ccccc7)c7ccccc7)cc6)c6ccccc6c(-c6ccc(C=C(c7ccccc7)c7ccccc7)cc6)c5c4)CS3)s2)=CC1. The number of thioether (sulfide) groups is 1. The fraction of sp³-hybridized carbons (Fsp3) is 0.0400. The topological polar surface area (TPSA) is 0 Å². The van der Waals surface area contributed by atoms with Crippen molar-refractivity contribution in [3.8, 4) is 22.3 Å². The van der Waals surface area contributed by atoms with Crippen molar-refractivity contribution >= 4 is 84.0 Å². The molecular weight excluding hydrogens is 965 g/mol. The quantitative estimate of drug-likeness (QED) is 0.0594. The van der Waals surface area contributed by atoms with Crippen molar-refractivity contribution in [2.24, 2.45) is 0 Å². The zero-order valence-corrected chi connectivity index (χ0v) is 44.5. The molecule has 0 amide bonds. The van der Waals surface area contributed by atoms with Gasteiger partial charge >= 0.3 is 0 Å². The van der Waals surface area contributed by atoms with E-state index in [9.17, 15) is 0 Å². The second-order valence-corrected chi connectivity index (χ2v) is 21.5. The van der Waals surface area contributed by atoms with E-state index in [0.717, 1.165) is 29.7 Å². The number of thiophene rings is 1. The molecule has 2 heterocycles. The molecule has 12 rings (SSSR count). The van der Waals surface area contributed by atoms with Crippen molar-refractivity contribution in [1.29, 1.82) is 0 Å². The van der Waals surface area contributed by atoms with Gasteiger partial charge in [-0.25, -0.2) is 0 Å². The van der Waals surface area contributed by atoms with Gasteiger partial charge in [0.15, 0.2) is 0 Å². The third-order valence-electron chi connectivity index (χ3n) is 14.5. The molecule has 0 bridgehead atoms. The first-order valence-corrected chi connectivity index (χ1v) is 28.3. The molecule has 0 N–H and O–H groups in total. The molecule has 10 aromatic rings. The Morgan fingerprint density at radius 2 is 0.961 bits per heavy atom. The van der Waals surface area contributed by atoms with Gasteiger partial charge in [-0.1, -0.05) is 261 Å². The van der Waals surface area contributed by atoms with Crippen molar-refractivity contribution in [3.05, 3.63) is 340 Å². The fourth-order valence-electron chi connectivity index (χ4n) is 10.6. The van der Waals surface area contributed by atoms with Gasteiger partial charge < -0.3 is 0 Å². The maximum atomic E-state index is 3.78. The molecule has 2 heteroatoms. The van der Waals surface area contributed by atoms with Gasteiger partial charge in [0, 0.05) is 20.4 Å². The highest BCUT2D eigenvalue weighted by Crippen LogP contribution is 2.46. The molecule has 1 aliphatic carbocycles. The van der Waals surface area contributed by atoms with Gasteiger partial charge in [0.2, 0.25) is 0 Å². The fourth-order valence-corrected chi connectivity index (χ4v) is 12.8. The van der Waals surface area contributed by atoms with Gasteiger partial charge in [-0.05, 0) is 160 Å². The van der Waals surface area contributed by atoms with Gasteiger partial charge in [-0.2, -0.15) is 0 Å². The average Bonchev–Trinajstić information content (AvgIpc) is 4.02. The van der Waals surface area contributed by atoms with Crippen LogP contribution < -0.4 is 0 Å². The van der Waals surface area contributed by atoms with E-state index in [-0.39, 0.29) is 0 Å². The van der Waals surface area contributed by atoms with Crippen LogP contribution in [-0.2, 0) is 0 Å². The van der Waals surface area contributed by atoms with Gasteiger partial charge in [0.05, 0.1) is 0 Å². The summed E-state index contributed by atoms with van der Waals surface area (Å²) in [5, 5.41) is 4.96. The summed E-state index contributed by atoms with van der Waals surface area (Å²) in [5.74, 6) is 0.895. The average molecular weight is 1020 g/mol. The molecule has 368 valence electrons. The number of fused-ring (bicyclic) bond motifs is 2. The minimum absolute atomic E-state index is 0.895. The molecule has 0 radical (unpaired) electrons. The molecule has 0 fully saturated rings. The largest absolute Gasteiger partial charge is 0.135 e. The zero-order valence-electron chi connectivity index (χ0n) is 42.9. The third-order valence-corrected chi connectivity index (χ3v) is 16.9. The second-order valence-electron chi connectivity index (χ2n) is 19.4. The molecular formula is C75H56S2. The Hall–Kier alpha value is -8.79. The highest BCUT2D eigenvalue weighted by atomic mass is 32.2. The van der Waals surface area contributed by atoms with Crippen LogP contribution in [0.5, 0.6) is 0 Å². The van der Waals surface area contributed by atoms with Crippen LogP contribution in [0.2, 0.25) is 0 Å². The Balaban J connectivity index is 0.937. The lowest BCUT2D eigenvalue weighted by Crippen LogP contribution is -1.96. The third kappa shape index (κ3) is 10.9. The minimum Gasteiger partial charge on any atom is -0.135 e. The number of allylic oxidation sites excluding steroid dienone is 11. The smallest absolute Gasteiger partial charge is 0.0412 e. The summed E-state index contributed by atoms with van der Waals surface area (Å²) in [6.45, 7) is 3.78. The van der Waals surface area contributed by atoms with Crippen molar-refractivity contribution in [3.63, 3.8) is 0 Å². The van der Waals surface area contributed by atoms with E-state index in [1.807, 2.05) is 35.3 Å². The van der Waals surface area contributed by atoms with Crippen LogP contribution in [0.1, 0.15) is 61.5 Å². The van der Waals surface area contributed by atoms with E-state index in [4.69, 9.17) is 0 Å². The minimum atomic E-state index is 0.895. The molecule has 0 spiro atoms. The molecule has 0 atom stereocenters. The maximum absolute atomic E-state index is 3.78. The summed E-state index contributed by atoms with van der Waals surface area (Å²) >= 11 is 3.83. The Bertz CT molecular complexity index is 3940. The van der Waals surface area contributed by atoms with Crippen LogP contribution in [0.3, 0.4) is 0 Å². The normalized spacial score (nSPS) is 13.8. The summed E-state index contributed by atoms with van der Waals surface area (Å²) in [6.07, 6.45) is 26.4. The Morgan fingerprint density at radius 3 is 1.45 bits per heavy atom. The molecule has 0 saturated heterocycles. The number of hydrogen-bond acceptors (Lipinski definition) is 2. The van der Waals surface area contributed by atoms with Crippen LogP contribution in [0.25, 0.3) is 83.1 Å². The van der Waals surface area contributed by atoms with E-state index in [1.165, 1.54) is 114 Å². The number of rotatable bonds is 14. The van der Waals surface area contributed by atoms with Crippen molar-refractivity contribution in [2.45, 2.75) is 12.8 Å². The van der Waals surface area contributed by atoms with Crippen molar-refractivity contribution < 1.29 is 0 Å². The molecule has 77 heavy (non-hydrogen) atoms. The molecule has 1 aliphatic heterocycles. The van der Waals surface area contributed by atoms with E-state index < -0.39 is 0 Å². The first-order valence-electron chi connectivity index (χ1n) is 26.5.